The van der Waals surface area contributed by atoms with Crippen molar-refractivity contribution in [3.05, 3.63) is 40.9 Å². The SMILES string of the molecule is C=CC1CC1(NC(=O)[C@@H]1C[C@@H](OC(=O)Nc2c(Cl)cccc2Cl)CN1C(=O)[C@@H](NC(=O)OC(C)(C)C)C(C)(C)C)C(=O)NS(=O)(=O)C1CC1. The molecule has 5 amide bonds. The molecule has 3 fully saturated rings. The van der Waals surface area contributed by atoms with Crippen LogP contribution in [0.1, 0.15) is 67.2 Å². The first-order valence-electron chi connectivity index (χ1n) is 15.8. The summed E-state index contributed by atoms with van der Waals surface area (Å²) in [5, 5.41) is 7.39. The molecule has 14 nitrogen and oxygen atoms in total. The summed E-state index contributed by atoms with van der Waals surface area (Å²) in [7, 11) is -3.93. The Morgan fingerprint density at radius 1 is 1.04 bits per heavy atom. The first-order chi connectivity index (χ1) is 22.6. The summed E-state index contributed by atoms with van der Waals surface area (Å²) in [4.78, 5) is 68.5. The fourth-order valence-corrected chi connectivity index (χ4v) is 7.39. The maximum Gasteiger partial charge on any atom is 0.412 e. The summed E-state index contributed by atoms with van der Waals surface area (Å²) in [6.45, 7) is 13.6. The predicted molar refractivity (Wildman–Crippen MR) is 182 cm³/mol. The molecule has 2 aliphatic carbocycles. The summed E-state index contributed by atoms with van der Waals surface area (Å²) in [5.41, 5.74) is -3.26. The smallest absolute Gasteiger partial charge is 0.412 e. The quantitative estimate of drug-likeness (QED) is 0.256. The lowest BCUT2D eigenvalue weighted by atomic mass is 9.85. The number of nitrogens with zero attached hydrogens (tertiary/aromatic N) is 1. The van der Waals surface area contributed by atoms with E-state index in [0.717, 1.165) is 0 Å². The zero-order valence-electron chi connectivity index (χ0n) is 28.2. The molecule has 4 N–H and O–H groups in total. The van der Waals surface area contributed by atoms with Crippen molar-refractivity contribution in [1.29, 1.82) is 0 Å². The molecule has 0 spiro atoms. The summed E-state index contributed by atoms with van der Waals surface area (Å²) in [6.07, 6.45) is -0.657. The number of ether oxygens (including phenoxy) is 2. The second kappa shape index (κ2) is 14.0. The van der Waals surface area contributed by atoms with Crippen LogP contribution in [0.15, 0.2) is 30.9 Å². The van der Waals surface area contributed by atoms with Crippen LogP contribution < -0.4 is 20.7 Å². The van der Waals surface area contributed by atoms with Gasteiger partial charge >= 0.3 is 12.2 Å². The van der Waals surface area contributed by atoms with Crippen LogP contribution in [0.25, 0.3) is 0 Å². The Bertz CT molecular complexity index is 1620. The third-order valence-electron chi connectivity index (χ3n) is 8.33. The fourth-order valence-electron chi connectivity index (χ4n) is 5.53. The van der Waals surface area contributed by atoms with Gasteiger partial charge in [0.1, 0.15) is 29.3 Å². The number of hydrogen-bond acceptors (Lipinski definition) is 9. The standard InChI is InChI=1S/C32H43Cl2N5O9S/c1-8-17-15-32(17,27(42)38-49(45,46)19-12-13-19)37-25(40)22-14-18(47-28(43)35-23-20(33)10-9-11-21(23)34)16-39(22)26(41)24(30(2,3)4)36-29(44)48-31(5,6)7/h8-11,17-19,22,24H,1,12-16H2,2-7H3,(H,35,43)(H,36,44)(H,37,40)(H,38,42)/t17?,18-,22+,24-,32?/m1/s1. The van der Waals surface area contributed by atoms with Crippen LogP contribution in [0.2, 0.25) is 10.0 Å². The maximum absolute atomic E-state index is 14.2. The number of nitrogens with one attached hydrogen (secondary N) is 4. The first kappa shape index (κ1) is 38.2. The minimum Gasteiger partial charge on any atom is -0.444 e. The van der Waals surface area contributed by atoms with Gasteiger partial charge in [0.2, 0.25) is 21.8 Å². The van der Waals surface area contributed by atoms with Crippen LogP contribution >= 0.6 is 23.2 Å². The number of hydrogen-bond donors (Lipinski definition) is 4. The number of carbonyl (C=O) groups excluding carboxylic acids is 5. The largest absolute Gasteiger partial charge is 0.444 e. The molecule has 5 atom stereocenters. The zero-order valence-corrected chi connectivity index (χ0v) is 30.6. The van der Waals surface area contributed by atoms with Gasteiger partial charge in [-0.15, -0.1) is 6.58 Å². The van der Waals surface area contributed by atoms with Crippen LogP contribution in [0.4, 0.5) is 15.3 Å². The second-order valence-corrected chi connectivity index (χ2v) is 17.4. The van der Waals surface area contributed by atoms with Crippen molar-refractivity contribution in [2.75, 3.05) is 11.9 Å². The molecule has 1 saturated heterocycles. The minimum absolute atomic E-state index is 0.0840. The third kappa shape index (κ3) is 9.17. The Morgan fingerprint density at radius 3 is 2.16 bits per heavy atom. The van der Waals surface area contributed by atoms with Crippen molar-refractivity contribution in [1.82, 2.24) is 20.3 Å². The lowest BCUT2D eigenvalue weighted by molar-refractivity contribution is -0.143. The molecular formula is C32H43Cl2N5O9S. The van der Waals surface area contributed by atoms with Gasteiger partial charge in [-0.1, -0.05) is 56.1 Å². The van der Waals surface area contributed by atoms with Crippen LogP contribution in [-0.4, -0.2) is 84.3 Å². The van der Waals surface area contributed by atoms with E-state index in [0.29, 0.717) is 12.8 Å². The molecule has 1 aromatic rings. The molecule has 0 aromatic heterocycles. The summed E-state index contributed by atoms with van der Waals surface area (Å²) >= 11 is 12.3. The van der Waals surface area contributed by atoms with E-state index in [-0.39, 0.29) is 35.1 Å². The Labute approximate surface area is 296 Å². The number of likely N-dealkylation sites (tertiary alicyclic amines) is 1. The Morgan fingerprint density at radius 2 is 1.65 bits per heavy atom. The van der Waals surface area contributed by atoms with Crippen molar-refractivity contribution in [3.63, 3.8) is 0 Å². The second-order valence-electron chi connectivity index (χ2n) is 14.6. The Hall–Kier alpha value is -3.56. The average molecular weight is 745 g/mol. The minimum atomic E-state index is -3.93. The zero-order chi connectivity index (χ0) is 36.7. The highest BCUT2D eigenvalue weighted by Gasteiger charge is 2.62. The molecule has 1 aliphatic heterocycles. The van der Waals surface area contributed by atoms with E-state index in [4.69, 9.17) is 32.7 Å². The highest BCUT2D eigenvalue weighted by molar-refractivity contribution is 7.91. The highest BCUT2D eigenvalue weighted by atomic mass is 35.5. The Balaban J connectivity index is 1.60. The monoisotopic (exact) mass is 743 g/mol. The first-order valence-corrected chi connectivity index (χ1v) is 18.1. The van der Waals surface area contributed by atoms with E-state index in [2.05, 4.69) is 27.3 Å². The van der Waals surface area contributed by atoms with Gasteiger partial charge in [0.25, 0.3) is 5.91 Å². The van der Waals surface area contributed by atoms with Gasteiger partial charge in [-0.3, -0.25) is 24.4 Å². The fraction of sp³-hybridized carbons (Fsp3) is 0.594. The van der Waals surface area contributed by atoms with E-state index < -0.39 is 85.8 Å². The molecule has 2 unspecified atom stereocenters. The molecular weight excluding hydrogens is 701 g/mol. The maximum atomic E-state index is 14.2. The lowest BCUT2D eigenvalue weighted by Gasteiger charge is -2.36. The lowest BCUT2D eigenvalue weighted by Crippen LogP contribution is -2.60. The van der Waals surface area contributed by atoms with Crippen molar-refractivity contribution >= 4 is 68.8 Å². The molecule has 17 heteroatoms. The molecule has 1 aromatic carbocycles. The third-order valence-corrected chi connectivity index (χ3v) is 10.8. The van der Waals surface area contributed by atoms with Crippen LogP contribution in [0.3, 0.4) is 0 Å². The number of amides is 5. The van der Waals surface area contributed by atoms with Gasteiger partial charge in [0.05, 0.1) is 27.5 Å². The van der Waals surface area contributed by atoms with Crippen LogP contribution in [0, 0.1) is 11.3 Å². The molecule has 49 heavy (non-hydrogen) atoms. The summed E-state index contributed by atoms with van der Waals surface area (Å²) in [5.74, 6) is -2.95. The molecule has 270 valence electrons. The molecule has 0 radical (unpaired) electrons. The molecule has 0 bridgehead atoms. The van der Waals surface area contributed by atoms with E-state index in [1.54, 1.807) is 47.6 Å². The van der Waals surface area contributed by atoms with Crippen molar-refractivity contribution < 1.29 is 41.9 Å². The number of carbonyl (C=O) groups is 5. The van der Waals surface area contributed by atoms with Crippen LogP contribution in [-0.2, 0) is 33.9 Å². The van der Waals surface area contributed by atoms with Gasteiger partial charge < -0.3 is 25.0 Å². The van der Waals surface area contributed by atoms with E-state index in [1.165, 1.54) is 23.1 Å². The number of alkyl carbamates (subject to hydrolysis) is 1. The topological polar surface area (TPSA) is 189 Å². The number of rotatable bonds is 10. The van der Waals surface area contributed by atoms with Gasteiger partial charge in [0.15, 0.2) is 0 Å². The molecule has 4 rings (SSSR count). The summed E-state index contributed by atoms with van der Waals surface area (Å²) < 4.78 is 38.2. The number of halogens is 2. The van der Waals surface area contributed by atoms with Gasteiger partial charge in [-0.2, -0.15) is 0 Å². The summed E-state index contributed by atoms with van der Waals surface area (Å²) in [6, 6.07) is 2.12. The normalized spacial score (nSPS) is 24.2. The highest BCUT2D eigenvalue weighted by Crippen LogP contribution is 2.45. The van der Waals surface area contributed by atoms with E-state index in [1.807, 2.05) is 0 Å². The molecule has 2 saturated carbocycles. The Kier molecular flexibility index (Phi) is 10.9. The molecule has 3 aliphatic rings. The molecule has 1 heterocycles. The van der Waals surface area contributed by atoms with Crippen molar-refractivity contribution in [2.45, 2.75) is 102 Å². The number of para-hydroxylation sites is 1. The average Bonchev–Trinajstić information content (AvgIpc) is 3.89. The van der Waals surface area contributed by atoms with Gasteiger partial charge in [-0.25, -0.2) is 18.0 Å². The number of benzene rings is 1. The number of sulfonamides is 1. The van der Waals surface area contributed by atoms with Gasteiger partial charge in [0, 0.05) is 12.3 Å². The van der Waals surface area contributed by atoms with Crippen molar-refractivity contribution in [2.24, 2.45) is 11.3 Å². The van der Waals surface area contributed by atoms with E-state index in [9.17, 15) is 32.4 Å². The predicted octanol–water partition coefficient (Wildman–Crippen LogP) is 4.12. The van der Waals surface area contributed by atoms with Crippen molar-refractivity contribution in [3.8, 4) is 0 Å². The van der Waals surface area contributed by atoms with Gasteiger partial charge in [-0.05, 0) is 57.6 Å². The van der Waals surface area contributed by atoms with E-state index >= 15 is 0 Å². The number of anilines is 1. The van der Waals surface area contributed by atoms with Crippen LogP contribution in [0.5, 0.6) is 0 Å².